The highest BCUT2D eigenvalue weighted by atomic mass is 35.5. The molecule has 134 valence electrons. The highest BCUT2D eigenvalue weighted by Crippen LogP contribution is 2.42. The largest absolute Gasteiger partial charge is 0.455 e. The zero-order valence-electron chi connectivity index (χ0n) is 14.0. The van der Waals surface area contributed by atoms with Crippen LogP contribution in [0.2, 0.25) is 5.02 Å². The lowest BCUT2D eigenvalue weighted by molar-refractivity contribution is -0.152. The van der Waals surface area contributed by atoms with E-state index in [1.165, 1.54) is 0 Å². The number of aromatic nitrogens is 2. The van der Waals surface area contributed by atoms with Crippen molar-refractivity contribution >= 4 is 28.9 Å². The maximum atomic E-state index is 12.9. The van der Waals surface area contributed by atoms with Crippen LogP contribution in [0.15, 0.2) is 45.6 Å². The average molecular weight is 389 g/mol. The van der Waals surface area contributed by atoms with Crippen molar-refractivity contribution in [1.29, 1.82) is 0 Å². The fourth-order valence-corrected chi connectivity index (χ4v) is 4.21. The third-order valence-corrected chi connectivity index (χ3v) is 5.75. The van der Waals surface area contributed by atoms with Gasteiger partial charge < -0.3 is 9.26 Å². The molecule has 0 atom stereocenters. The van der Waals surface area contributed by atoms with E-state index < -0.39 is 5.41 Å². The van der Waals surface area contributed by atoms with Crippen LogP contribution in [0.4, 0.5) is 0 Å². The predicted molar refractivity (Wildman–Crippen MR) is 99.0 cm³/mol. The number of esters is 1. The molecule has 0 radical (unpaired) electrons. The molecule has 0 spiro atoms. The molecule has 0 saturated heterocycles. The van der Waals surface area contributed by atoms with E-state index in [9.17, 15) is 4.79 Å². The number of thiophene rings is 1. The van der Waals surface area contributed by atoms with E-state index in [4.69, 9.17) is 20.9 Å². The highest BCUT2D eigenvalue weighted by Gasteiger charge is 2.44. The summed E-state index contributed by atoms with van der Waals surface area (Å²) in [7, 11) is 0. The van der Waals surface area contributed by atoms with Gasteiger partial charge in [0, 0.05) is 16.0 Å². The van der Waals surface area contributed by atoms with Crippen LogP contribution in [0.25, 0.3) is 11.4 Å². The lowest BCUT2D eigenvalue weighted by atomic mass is 9.79. The van der Waals surface area contributed by atoms with E-state index in [-0.39, 0.29) is 12.6 Å². The molecular weight excluding hydrogens is 372 g/mol. The zero-order valence-corrected chi connectivity index (χ0v) is 15.6. The molecule has 1 saturated carbocycles. The number of hydrogen-bond donors (Lipinski definition) is 0. The molecule has 3 aromatic rings. The topological polar surface area (TPSA) is 65.2 Å². The SMILES string of the molecule is O=C(OCc1nc(-c2ccsc2)no1)C1(c2ccc(Cl)cc2)CCCC1. The van der Waals surface area contributed by atoms with Crippen LogP contribution >= 0.6 is 22.9 Å². The van der Waals surface area contributed by atoms with Crippen molar-refractivity contribution in [3.05, 3.63) is 57.6 Å². The summed E-state index contributed by atoms with van der Waals surface area (Å²) in [5.41, 5.74) is 1.24. The summed E-state index contributed by atoms with van der Waals surface area (Å²) in [4.78, 5) is 17.2. The van der Waals surface area contributed by atoms with Crippen molar-refractivity contribution in [1.82, 2.24) is 10.1 Å². The summed E-state index contributed by atoms with van der Waals surface area (Å²) < 4.78 is 10.8. The maximum Gasteiger partial charge on any atom is 0.317 e. The Morgan fingerprint density at radius 3 is 2.69 bits per heavy atom. The van der Waals surface area contributed by atoms with Gasteiger partial charge in [-0.05, 0) is 42.0 Å². The number of nitrogens with zero attached hydrogens (tertiary/aromatic N) is 2. The van der Waals surface area contributed by atoms with Gasteiger partial charge in [0.1, 0.15) is 0 Å². The Balaban J connectivity index is 1.48. The van der Waals surface area contributed by atoms with Crippen molar-refractivity contribution in [2.75, 3.05) is 0 Å². The summed E-state index contributed by atoms with van der Waals surface area (Å²) in [6, 6.07) is 9.37. The van der Waals surface area contributed by atoms with Crippen LogP contribution in [0.1, 0.15) is 37.1 Å². The van der Waals surface area contributed by atoms with Crippen LogP contribution in [-0.2, 0) is 21.6 Å². The molecule has 1 aliphatic rings. The maximum absolute atomic E-state index is 12.9. The van der Waals surface area contributed by atoms with Crippen LogP contribution in [0.5, 0.6) is 0 Å². The number of ether oxygens (including phenoxy) is 1. The Labute approximate surface area is 159 Å². The van der Waals surface area contributed by atoms with Gasteiger partial charge in [-0.1, -0.05) is 41.7 Å². The first-order valence-corrected chi connectivity index (χ1v) is 9.78. The minimum atomic E-state index is -0.610. The minimum absolute atomic E-state index is 0.0225. The molecule has 2 aromatic heterocycles. The van der Waals surface area contributed by atoms with Gasteiger partial charge in [-0.2, -0.15) is 16.3 Å². The molecule has 0 N–H and O–H groups in total. The first-order valence-electron chi connectivity index (χ1n) is 8.46. The molecule has 4 rings (SSSR count). The normalized spacial score (nSPS) is 15.9. The number of benzene rings is 1. The Bertz CT molecular complexity index is 884. The average Bonchev–Trinajstić information content (AvgIpc) is 3.41. The molecule has 7 heteroatoms. The van der Waals surface area contributed by atoms with E-state index in [1.807, 2.05) is 41.1 Å². The van der Waals surface area contributed by atoms with E-state index in [1.54, 1.807) is 11.3 Å². The molecule has 5 nitrogen and oxygen atoms in total. The molecule has 0 amide bonds. The van der Waals surface area contributed by atoms with E-state index in [0.717, 1.165) is 36.8 Å². The first-order chi connectivity index (χ1) is 12.7. The lowest BCUT2D eigenvalue weighted by Crippen LogP contribution is -2.34. The molecule has 0 aliphatic heterocycles. The predicted octanol–water partition coefficient (Wildman–Crippen LogP) is 5.01. The second-order valence-electron chi connectivity index (χ2n) is 6.40. The van der Waals surface area contributed by atoms with Crippen molar-refractivity contribution in [2.45, 2.75) is 37.7 Å². The summed E-state index contributed by atoms with van der Waals surface area (Å²) >= 11 is 7.55. The Morgan fingerprint density at radius 2 is 2.00 bits per heavy atom. The van der Waals surface area contributed by atoms with E-state index >= 15 is 0 Å². The van der Waals surface area contributed by atoms with E-state index in [2.05, 4.69) is 10.1 Å². The molecular formula is C19H17ClN2O3S. The number of carbonyl (C=O) groups is 1. The van der Waals surface area contributed by atoms with Crippen LogP contribution in [-0.4, -0.2) is 16.1 Å². The molecule has 1 aromatic carbocycles. The fourth-order valence-electron chi connectivity index (χ4n) is 3.45. The third-order valence-electron chi connectivity index (χ3n) is 4.82. The van der Waals surface area contributed by atoms with Gasteiger partial charge in [-0.25, -0.2) is 0 Å². The molecule has 1 fully saturated rings. The van der Waals surface area contributed by atoms with Crippen molar-refractivity contribution in [3.63, 3.8) is 0 Å². The van der Waals surface area contributed by atoms with Crippen LogP contribution in [0.3, 0.4) is 0 Å². The molecule has 0 unspecified atom stereocenters. The highest BCUT2D eigenvalue weighted by molar-refractivity contribution is 7.08. The molecule has 26 heavy (non-hydrogen) atoms. The third kappa shape index (κ3) is 3.27. The number of carbonyl (C=O) groups excluding carboxylic acids is 1. The molecule has 2 heterocycles. The summed E-state index contributed by atoms with van der Waals surface area (Å²) in [6.45, 7) is -0.0225. The number of hydrogen-bond acceptors (Lipinski definition) is 6. The number of rotatable bonds is 5. The Morgan fingerprint density at radius 1 is 1.23 bits per heavy atom. The Kier molecular flexibility index (Phi) is 4.78. The standard InChI is InChI=1S/C19H17ClN2O3S/c20-15-5-3-14(4-6-15)19(8-1-2-9-19)18(23)24-11-16-21-17(22-25-16)13-7-10-26-12-13/h3-7,10,12H,1-2,8-9,11H2. The van der Waals surface area contributed by atoms with Gasteiger partial charge in [-0.15, -0.1) is 0 Å². The summed E-state index contributed by atoms with van der Waals surface area (Å²) in [6.07, 6.45) is 3.55. The molecule has 1 aliphatic carbocycles. The second kappa shape index (κ2) is 7.21. The second-order valence-corrected chi connectivity index (χ2v) is 7.61. The Hall–Kier alpha value is -2.18. The summed E-state index contributed by atoms with van der Waals surface area (Å²) in [5.74, 6) is 0.557. The van der Waals surface area contributed by atoms with Gasteiger partial charge in [0.2, 0.25) is 5.82 Å². The monoisotopic (exact) mass is 388 g/mol. The smallest absolute Gasteiger partial charge is 0.317 e. The lowest BCUT2D eigenvalue weighted by Gasteiger charge is -2.27. The van der Waals surface area contributed by atoms with Crippen molar-refractivity contribution in [2.24, 2.45) is 0 Å². The minimum Gasteiger partial charge on any atom is -0.455 e. The molecule has 0 bridgehead atoms. The quantitative estimate of drug-likeness (QED) is 0.575. The summed E-state index contributed by atoms with van der Waals surface area (Å²) in [5, 5.41) is 8.47. The van der Waals surface area contributed by atoms with Crippen LogP contribution < -0.4 is 0 Å². The van der Waals surface area contributed by atoms with Gasteiger partial charge >= 0.3 is 5.97 Å². The van der Waals surface area contributed by atoms with Crippen molar-refractivity contribution < 1.29 is 14.1 Å². The van der Waals surface area contributed by atoms with Crippen molar-refractivity contribution in [3.8, 4) is 11.4 Å². The fraction of sp³-hybridized carbons (Fsp3) is 0.316. The van der Waals surface area contributed by atoms with Gasteiger partial charge in [0.25, 0.3) is 5.89 Å². The van der Waals surface area contributed by atoms with Gasteiger partial charge in [0.05, 0.1) is 5.41 Å². The number of halogens is 1. The van der Waals surface area contributed by atoms with Crippen LogP contribution in [0, 0.1) is 0 Å². The van der Waals surface area contributed by atoms with Gasteiger partial charge in [0.15, 0.2) is 6.61 Å². The first kappa shape index (κ1) is 17.2. The zero-order chi connectivity index (χ0) is 18.0. The van der Waals surface area contributed by atoms with Gasteiger partial charge in [-0.3, -0.25) is 4.79 Å². The van der Waals surface area contributed by atoms with E-state index in [0.29, 0.717) is 16.7 Å².